The zero-order valence-electron chi connectivity index (χ0n) is 12.5. The summed E-state index contributed by atoms with van der Waals surface area (Å²) in [7, 11) is -2.51. The Morgan fingerprint density at radius 1 is 1.38 bits per heavy atom. The van der Waals surface area contributed by atoms with Crippen molar-refractivity contribution in [3.8, 4) is 0 Å². The van der Waals surface area contributed by atoms with Gasteiger partial charge in [-0.2, -0.15) is 4.72 Å². The van der Waals surface area contributed by atoms with Crippen molar-refractivity contribution in [2.75, 3.05) is 20.2 Å². The number of hydrogen-bond donors (Lipinski definition) is 2. The topological polar surface area (TPSA) is 84.5 Å². The van der Waals surface area contributed by atoms with E-state index in [1.165, 1.54) is 13.2 Å². The van der Waals surface area contributed by atoms with E-state index in [-0.39, 0.29) is 17.5 Å². The third kappa shape index (κ3) is 5.45. The lowest BCUT2D eigenvalue weighted by Crippen LogP contribution is -2.30. The van der Waals surface area contributed by atoms with Crippen LogP contribution < -0.4 is 10.0 Å². The lowest BCUT2D eigenvalue weighted by atomic mass is 10.1. The Kier molecular flexibility index (Phi) is 6.80. The zero-order chi connectivity index (χ0) is 15.9. The minimum atomic E-state index is -3.72. The predicted octanol–water partition coefficient (Wildman–Crippen LogP) is 1.20. The van der Waals surface area contributed by atoms with E-state index in [0.29, 0.717) is 0 Å². The van der Waals surface area contributed by atoms with Crippen LogP contribution in [0.4, 0.5) is 0 Å². The first-order chi connectivity index (χ1) is 9.90. The molecule has 21 heavy (non-hydrogen) atoms. The van der Waals surface area contributed by atoms with E-state index in [2.05, 4.69) is 21.7 Å². The van der Waals surface area contributed by atoms with E-state index >= 15 is 0 Å². The monoisotopic (exact) mass is 314 g/mol. The fraction of sp³-hybridized carbons (Fsp3) is 0.500. The molecule has 0 amide bonds. The molecule has 7 heteroatoms. The highest BCUT2D eigenvalue weighted by atomic mass is 32.2. The molecule has 1 rings (SSSR count). The van der Waals surface area contributed by atoms with E-state index in [1.54, 1.807) is 12.1 Å². The van der Waals surface area contributed by atoms with Gasteiger partial charge in [0.1, 0.15) is 6.54 Å². The molecule has 0 aliphatic rings. The third-order valence-electron chi connectivity index (χ3n) is 3.00. The fourth-order valence-corrected chi connectivity index (χ4v) is 2.76. The van der Waals surface area contributed by atoms with Gasteiger partial charge < -0.3 is 10.1 Å². The number of benzene rings is 1. The van der Waals surface area contributed by atoms with Gasteiger partial charge in [-0.3, -0.25) is 4.79 Å². The first-order valence-corrected chi connectivity index (χ1v) is 8.29. The standard InChI is InChI=1S/C14H22N2O4S/c1-4-8-15-11(2)12-6-5-7-13(9-12)21(18,19)16-10-14(17)20-3/h5-7,9,11,15-16H,4,8,10H2,1-3H3. The van der Waals surface area contributed by atoms with Crippen molar-refractivity contribution < 1.29 is 17.9 Å². The van der Waals surface area contributed by atoms with Gasteiger partial charge in [0.25, 0.3) is 0 Å². The highest BCUT2D eigenvalue weighted by Crippen LogP contribution is 2.17. The molecule has 1 atom stereocenters. The number of ether oxygens (including phenoxy) is 1. The number of hydrogen-bond acceptors (Lipinski definition) is 5. The van der Waals surface area contributed by atoms with Crippen LogP contribution in [0.15, 0.2) is 29.2 Å². The van der Waals surface area contributed by atoms with Crippen LogP contribution in [-0.4, -0.2) is 34.6 Å². The maximum absolute atomic E-state index is 12.1. The number of carbonyl (C=O) groups excluding carboxylic acids is 1. The first-order valence-electron chi connectivity index (χ1n) is 6.80. The molecule has 2 N–H and O–H groups in total. The summed E-state index contributed by atoms with van der Waals surface area (Å²) in [4.78, 5) is 11.2. The Morgan fingerprint density at radius 3 is 2.71 bits per heavy atom. The quantitative estimate of drug-likeness (QED) is 0.704. The van der Waals surface area contributed by atoms with Gasteiger partial charge in [-0.25, -0.2) is 8.42 Å². The third-order valence-corrected chi connectivity index (χ3v) is 4.40. The van der Waals surface area contributed by atoms with Gasteiger partial charge in [-0.15, -0.1) is 0 Å². The molecule has 0 bridgehead atoms. The molecule has 0 aromatic heterocycles. The number of rotatable bonds is 8. The summed E-state index contributed by atoms with van der Waals surface area (Å²) in [5.41, 5.74) is 0.879. The second-order valence-corrected chi connectivity index (χ2v) is 6.42. The molecule has 6 nitrogen and oxygen atoms in total. The van der Waals surface area contributed by atoms with Gasteiger partial charge >= 0.3 is 5.97 Å². The number of nitrogens with one attached hydrogen (secondary N) is 2. The van der Waals surface area contributed by atoms with Gasteiger partial charge in [0.15, 0.2) is 0 Å². The zero-order valence-corrected chi connectivity index (χ0v) is 13.4. The van der Waals surface area contributed by atoms with Gasteiger partial charge in [0.05, 0.1) is 12.0 Å². The van der Waals surface area contributed by atoms with Crippen LogP contribution in [0.3, 0.4) is 0 Å². The fourth-order valence-electron chi connectivity index (χ4n) is 1.74. The molecular weight excluding hydrogens is 292 g/mol. The molecule has 1 unspecified atom stereocenters. The highest BCUT2D eigenvalue weighted by Gasteiger charge is 2.17. The molecule has 1 aromatic carbocycles. The Hall–Kier alpha value is -1.44. The Bertz CT molecular complexity index is 572. The minimum Gasteiger partial charge on any atom is -0.468 e. The number of methoxy groups -OCH3 is 1. The van der Waals surface area contributed by atoms with Crippen molar-refractivity contribution in [1.82, 2.24) is 10.0 Å². The van der Waals surface area contributed by atoms with Gasteiger partial charge in [-0.1, -0.05) is 19.1 Å². The molecule has 1 aromatic rings. The van der Waals surface area contributed by atoms with Crippen LogP contribution in [0.2, 0.25) is 0 Å². The highest BCUT2D eigenvalue weighted by molar-refractivity contribution is 7.89. The van der Waals surface area contributed by atoms with Crippen molar-refractivity contribution in [2.24, 2.45) is 0 Å². The van der Waals surface area contributed by atoms with Crippen LogP contribution in [-0.2, 0) is 19.6 Å². The summed E-state index contributed by atoms with van der Waals surface area (Å²) in [6.45, 7) is 4.52. The summed E-state index contributed by atoms with van der Waals surface area (Å²) in [6, 6.07) is 6.71. The molecule has 0 spiro atoms. The van der Waals surface area contributed by atoms with Crippen LogP contribution in [0.1, 0.15) is 31.9 Å². The minimum absolute atomic E-state index is 0.0562. The van der Waals surface area contributed by atoms with Crippen molar-refractivity contribution in [3.05, 3.63) is 29.8 Å². The lowest BCUT2D eigenvalue weighted by Gasteiger charge is -2.15. The number of sulfonamides is 1. The normalized spacial score (nSPS) is 12.9. The molecule has 0 aliphatic heterocycles. The molecule has 0 fully saturated rings. The van der Waals surface area contributed by atoms with Gasteiger partial charge in [0, 0.05) is 6.04 Å². The summed E-state index contributed by atoms with van der Waals surface area (Å²) < 4.78 is 30.8. The Labute approximate surface area is 125 Å². The summed E-state index contributed by atoms with van der Waals surface area (Å²) in [5, 5.41) is 3.30. The van der Waals surface area contributed by atoms with Gasteiger partial charge in [0.2, 0.25) is 10.0 Å². The van der Waals surface area contributed by atoms with Crippen molar-refractivity contribution in [3.63, 3.8) is 0 Å². The lowest BCUT2D eigenvalue weighted by molar-refractivity contribution is -0.139. The molecule has 0 aliphatic carbocycles. The number of esters is 1. The van der Waals surface area contributed by atoms with Crippen molar-refractivity contribution in [2.45, 2.75) is 31.2 Å². The molecule has 0 saturated carbocycles. The van der Waals surface area contributed by atoms with E-state index in [0.717, 1.165) is 18.5 Å². The Balaban J connectivity index is 2.85. The maximum atomic E-state index is 12.1. The molecule has 0 radical (unpaired) electrons. The van der Waals surface area contributed by atoms with Crippen molar-refractivity contribution in [1.29, 1.82) is 0 Å². The first kappa shape index (κ1) is 17.6. The van der Waals surface area contributed by atoms with Crippen LogP contribution in [0, 0.1) is 0 Å². The predicted molar refractivity (Wildman–Crippen MR) is 80.4 cm³/mol. The molecule has 0 heterocycles. The van der Waals surface area contributed by atoms with E-state index < -0.39 is 16.0 Å². The van der Waals surface area contributed by atoms with Crippen LogP contribution in [0.5, 0.6) is 0 Å². The molecule has 0 saturated heterocycles. The largest absolute Gasteiger partial charge is 0.468 e. The Morgan fingerprint density at radius 2 is 2.10 bits per heavy atom. The second kappa shape index (κ2) is 8.11. The summed E-state index contributed by atoms with van der Waals surface area (Å²) in [5.74, 6) is -0.632. The van der Waals surface area contributed by atoms with E-state index in [4.69, 9.17) is 0 Å². The van der Waals surface area contributed by atoms with E-state index in [1.807, 2.05) is 13.0 Å². The molecular formula is C14H22N2O4S. The van der Waals surface area contributed by atoms with E-state index in [9.17, 15) is 13.2 Å². The smallest absolute Gasteiger partial charge is 0.320 e. The average molecular weight is 314 g/mol. The maximum Gasteiger partial charge on any atom is 0.320 e. The van der Waals surface area contributed by atoms with Crippen molar-refractivity contribution >= 4 is 16.0 Å². The van der Waals surface area contributed by atoms with Gasteiger partial charge in [-0.05, 0) is 37.6 Å². The molecule has 118 valence electrons. The van der Waals surface area contributed by atoms with Crippen LogP contribution >= 0.6 is 0 Å². The summed E-state index contributed by atoms with van der Waals surface area (Å²) >= 11 is 0. The average Bonchev–Trinajstić information content (AvgIpc) is 2.50. The summed E-state index contributed by atoms with van der Waals surface area (Å²) in [6.07, 6.45) is 1.00. The number of carbonyl (C=O) groups is 1. The SMILES string of the molecule is CCCNC(C)c1cccc(S(=O)(=O)NCC(=O)OC)c1. The second-order valence-electron chi connectivity index (χ2n) is 4.65. The van der Waals surface area contributed by atoms with Crippen LogP contribution in [0.25, 0.3) is 0 Å².